The minimum Gasteiger partial charge on any atom is -0.384 e. The zero-order valence-electron chi connectivity index (χ0n) is 14.1. The van der Waals surface area contributed by atoms with Gasteiger partial charge in [0.05, 0.1) is 12.3 Å². The van der Waals surface area contributed by atoms with Gasteiger partial charge in [0.15, 0.2) is 5.16 Å². The number of aromatic nitrogens is 2. The van der Waals surface area contributed by atoms with E-state index < -0.39 is 0 Å². The van der Waals surface area contributed by atoms with Gasteiger partial charge < -0.3 is 4.74 Å². The standard InChI is InChI=1S/C19H22N2O2S/c1-4-9-21-18(22)16-12-13(2)14-7-5-6-8-15(14)17(16)20-19(21)24-11-10-23-3/h4-8,13H,1,9-12H2,2-3H3. The molecule has 0 saturated carbocycles. The van der Waals surface area contributed by atoms with E-state index in [1.807, 2.05) is 12.1 Å². The number of methoxy groups -OCH3 is 1. The number of ether oxygens (including phenoxy) is 1. The molecule has 24 heavy (non-hydrogen) atoms. The van der Waals surface area contributed by atoms with Crippen molar-refractivity contribution in [3.8, 4) is 11.3 Å². The topological polar surface area (TPSA) is 44.1 Å². The normalized spacial score (nSPS) is 15.7. The maximum Gasteiger partial charge on any atom is 0.258 e. The van der Waals surface area contributed by atoms with Crippen molar-refractivity contribution in [2.24, 2.45) is 0 Å². The SMILES string of the molecule is C=CCn1c(SCCOC)nc2c(c1=O)CC(C)c1ccccc1-2. The average molecular weight is 342 g/mol. The molecule has 4 nitrogen and oxygen atoms in total. The Morgan fingerprint density at radius 1 is 1.46 bits per heavy atom. The first-order chi connectivity index (χ1) is 11.7. The Morgan fingerprint density at radius 2 is 2.25 bits per heavy atom. The number of rotatable bonds is 6. The zero-order valence-corrected chi connectivity index (χ0v) is 14.9. The number of fused-ring (bicyclic) bond motifs is 3. The highest BCUT2D eigenvalue weighted by atomic mass is 32.2. The third kappa shape index (κ3) is 3.06. The van der Waals surface area contributed by atoms with Crippen LogP contribution >= 0.6 is 11.8 Å². The number of allylic oxidation sites excluding steroid dienone is 1. The summed E-state index contributed by atoms with van der Waals surface area (Å²) in [6.45, 7) is 7.04. The first-order valence-electron chi connectivity index (χ1n) is 8.13. The summed E-state index contributed by atoms with van der Waals surface area (Å²) in [7, 11) is 1.68. The summed E-state index contributed by atoms with van der Waals surface area (Å²) in [4.78, 5) is 17.9. The smallest absolute Gasteiger partial charge is 0.258 e. The van der Waals surface area contributed by atoms with Crippen LogP contribution in [0.25, 0.3) is 11.3 Å². The summed E-state index contributed by atoms with van der Waals surface area (Å²) in [5, 5.41) is 0.736. The molecule has 1 atom stereocenters. The lowest BCUT2D eigenvalue weighted by molar-refractivity contribution is 0.218. The van der Waals surface area contributed by atoms with Crippen molar-refractivity contribution in [3.63, 3.8) is 0 Å². The molecule has 1 aliphatic rings. The van der Waals surface area contributed by atoms with Gasteiger partial charge in [-0.3, -0.25) is 9.36 Å². The van der Waals surface area contributed by atoms with Crippen LogP contribution in [-0.4, -0.2) is 29.0 Å². The summed E-state index contributed by atoms with van der Waals surface area (Å²) in [5.41, 5.74) is 4.07. The Balaban J connectivity index is 2.15. The number of thioether (sulfide) groups is 1. The van der Waals surface area contributed by atoms with Gasteiger partial charge in [-0.2, -0.15) is 0 Å². The first-order valence-corrected chi connectivity index (χ1v) is 9.11. The van der Waals surface area contributed by atoms with Crippen LogP contribution in [0, 0.1) is 0 Å². The lowest BCUT2D eigenvalue weighted by Gasteiger charge is -2.25. The molecule has 5 heteroatoms. The Kier molecular flexibility index (Phi) is 5.21. The van der Waals surface area contributed by atoms with E-state index in [2.05, 4.69) is 25.6 Å². The van der Waals surface area contributed by atoms with Gasteiger partial charge in [0.1, 0.15) is 0 Å². The number of benzene rings is 1. The molecule has 1 aromatic heterocycles. The van der Waals surface area contributed by atoms with Gasteiger partial charge in [0.25, 0.3) is 5.56 Å². The Hall–Kier alpha value is -1.85. The van der Waals surface area contributed by atoms with Gasteiger partial charge in [-0.1, -0.05) is 49.0 Å². The highest BCUT2D eigenvalue weighted by molar-refractivity contribution is 7.99. The van der Waals surface area contributed by atoms with Crippen LogP contribution in [-0.2, 0) is 17.7 Å². The van der Waals surface area contributed by atoms with Crippen molar-refractivity contribution in [2.45, 2.75) is 31.0 Å². The molecular weight excluding hydrogens is 320 g/mol. The molecule has 1 heterocycles. The van der Waals surface area contributed by atoms with E-state index in [-0.39, 0.29) is 5.56 Å². The molecule has 0 bridgehead atoms. The van der Waals surface area contributed by atoms with E-state index >= 15 is 0 Å². The van der Waals surface area contributed by atoms with Gasteiger partial charge >= 0.3 is 0 Å². The van der Waals surface area contributed by atoms with Gasteiger partial charge in [-0.15, -0.1) is 6.58 Å². The molecule has 0 N–H and O–H groups in total. The van der Waals surface area contributed by atoms with Crippen molar-refractivity contribution in [1.29, 1.82) is 0 Å². The van der Waals surface area contributed by atoms with E-state index in [1.165, 1.54) is 5.56 Å². The molecular formula is C19H22N2O2S. The van der Waals surface area contributed by atoms with Crippen molar-refractivity contribution < 1.29 is 4.74 Å². The van der Waals surface area contributed by atoms with E-state index in [9.17, 15) is 4.79 Å². The Morgan fingerprint density at radius 3 is 3.00 bits per heavy atom. The van der Waals surface area contributed by atoms with Gasteiger partial charge in [-0.25, -0.2) is 4.98 Å². The second kappa shape index (κ2) is 7.36. The third-order valence-electron chi connectivity index (χ3n) is 4.31. The minimum absolute atomic E-state index is 0.0566. The summed E-state index contributed by atoms with van der Waals surface area (Å²) >= 11 is 1.55. The van der Waals surface area contributed by atoms with Crippen LogP contribution in [0.2, 0.25) is 0 Å². The van der Waals surface area contributed by atoms with Gasteiger partial charge in [-0.05, 0) is 17.9 Å². The molecule has 0 saturated heterocycles. The van der Waals surface area contributed by atoms with Crippen LogP contribution < -0.4 is 5.56 Å². The summed E-state index contributed by atoms with van der Waals surface area (Å²) in [6.07, 6.45) is 2.48. The lowest BCUT2D eigenvalue weighted by atomic mass is 9.82. The highest BCUT2D eigenvalue weighted by Crippen LogP contribution is 2.37. The van der Waals surface area contributed by atoms with Crippen molar-refractivity contribution in [2.75, 3.05) is 19.5 Å². The summed E-state index contributed by atoms with van der Waals surface area (Å²) < 4.78 is 6.85. The molecule has 1 aromatic carbocycles. The molecule has 0 radical (unpaired) electrons. The second-order valence-corrected chi connectivity index (χ2v) is 7.02. The molecule has 1 aliphatic carbocycles. The average Bonchev–Trinajstić information content (AvgIpc) is 2.60. The maximum atomic E-state index is 13.0. The fraction of sp³-hybridized carbons (Fsp3) is 0.368. The molecule has 0 aliphatic heterocycles. The predicted octanol–water partition coefficient (Wildman–Crippen LogP) is 3.49. The second-order valence-electron chi connectivity index (χ2n) is 5.96. The predicted molar refractivity (Wildman–Crippen MR) is 98.8 cm³/mol. The van der Waals surface area contributed by atoms with Gasteiger partial charge in [0, 0.05) is 30.5 Å². The van der Waals surface area contributed by atoms with Crippen molar-refractivity contribution in [3.05, 3.63) is 58.4 Å². The monoisotopic (exact) mass is 342 g/mol. The summed E-state index contributed by atoms with van der Waals surface area (Å²) in [6, 6.07) is 8.26. The minimum atomic E-state index is 0.0566. The number of hydrogen-bond acceptors (Lipinski definition) is 4. The fourth-order valence-electron chi connectivity index (χ4n) is 3.16. The Bertz CT molecular complexity index is 813. The van der Waals surface area contributed by atoms with Crippen LogP contribution in [0.1, 0.15) is 24.0 Å². The van der Waals surface area contributed by atoms with E-state index in [4.69, 9.17) is 9.72 Å². The van der Waals surface area contributed by atoms with Crippen LogP contribution in [0.15, 0.2) is 46.9 Å². The van der Waals surface area contributed by atoms with Crippen LogP contribution in [0.4, 0.5) is 0 Å². The van der Waals surface area contributed by atoms with E-state index in [0.29, 0.717) is 19.1 Å². The molecule has 0 spiro atoms. The molecule has 2 aromatic rings. The third-order valence-corrected chi connectivity index (χ3v) is 5.26. The number of hydrogen-bond donors (Lipinski definition) is 0. The van der Waals surface area contributed by atoms with Crippen LogP contribution in [0.3, 0.4) is 0 Å². The van der Waals surface area contributed by atoms with Gasteiger partial charge in [0.2, 0.25) is 0 Å². The molecule has 1 unspecified atom stereocenters. The zero-order chi connectivity index (χ0) is 17.1. The largest absolute Gasteiger partial charge is 0.384 e. The van der Waals surface area contributed by atoms with Crippen molar-refractivity contribution >= 4 is 11.8 Å². The molecule has 126 valence electrons. The lowest BCUT2D eigenvalue weighted by Crippen LogP contribution is -2.30. The Labute approximate surface area is 146 Å². The van der Waals surface area contributed by atoms with E-state index in [0.717, 1.165) is 34.2 Å². The number of nitrogens with zero attached hydrogens (tertiary/aromatic N) is 2. The van der Waals surface area contributed by atoms with Crippen molar-refractivity contribution in [1.82, 2.24) is 9.55 Å². The maximum absolute atomic E-state index is 13.0. The summed E-state index contributed by atoms with van der Waals surface area (Å²) in [5.74, 6) is 1.09. The quantitative estimate of drug-likeness (QED) is 0.349. The van der Waals surface area contributed by atoms with E-state index in [1.54, 1.807) is 29.5 Å². The highest BCUT2D eigenvalue weighted by Gasteiger charge is 2.27. The molecule has 0 fully saturated rings. The van der Waals surface area contributed by atoms with Crippen LogP contribution in [0.5, 0.6) is 0 Å². The fourth-order valence-corrected chi connectivity index (χ4v) is 4.06. The molecule has 3 rings (SSSR count). The first kappa shape index (κ1) is 17.0. The molecule has 0 amide bonds.